The number of anilines is 1. The number of nitrogens with zero attached hydrogens (tertiary/aromatic N) is 4. The van der Waals surface area contributed by atoms with E-state index in [0.717, 1.165) is 16.7 Å². The highest BCUT2D eigenvalue weighted by Crippen LogP contribution is 2.37. The van der Waals surface area contributed by atoms with Crippen molar-refractivity contribution in [2.75, 3.05) is 17.6 Å². The van der Waals surface area contributed by atoms with Gasteiger partial charge in [-0.05, 0) is 37.7 Å². The number of aromatic nitrogens is 4. The van der Waals surface area contributed by atoms with Crippen LogP contribution < -0.4 is 5.32 Å². The van der Waals surface area contributed by atoms with Crippen LogP contribution in [0.15, 0.2) is 12.1 Å². The van der Waals surface area contributed by atoms with Gasteiger partial charge >= 0.3 is 6.18 Å². The predicted molar refractivity (Wildman–Crippen MR) is 74.4 cm³/mol. The normalized spacial score (nSPS) is 22.9. The molecule has 9 heteroatoms. The van der Waals surface area contributed by atoms with Crippen LogP contribution in [0.3, 0.4) is 0 Å². The lowest BCUT2D eigenvalue weighted by Gasteiger charge is -2.23. The maximum atomic E-state index is 12.8. The van der Waals surface area contributed by atoms with Gasteiger partial charge in [0.05, 0.1) is 0 Å². The van der Waals surface area contributed by atoms with Crippen LogP contribution in [-0.4, -0.2) is 36.9 Å². The van der Waals surface area contributed by atoms with E-state index in [2.05, 4.69) is 27.5 Å². The third-order valence-electron chi connectivity index (χ3n) is 3.46. The van der Waals surface area contributed by atoms with Crippen molar-refractivity contribution in [3.05, 3.63) is 18.0 Å². The van der Waals surface area contributed by atoms with Crippen LogP contribution in [0, 0.1) is 0 Å². The van der Waals surface area contributed by atoms with Gasteiger partial charge < -0.3 is 5.32 Å². The first kappa shape index (κ1) is 14.4. The molecule has 1 fully saturated rings. The van der Waals surface area contributed by atoms with Gasteiger partial charge in [-0.15, -0.1) is 15.3 Å². The maximum Gasteiger partial charge on any atom is 0.453 e. The van der Waals surface area contributed by atoms with Gasteiger partial charge in [-0.2, -0.15) is 29.4 Å². The molecule has 1 aliphatic heterocycles. The molecule has 3 rings (SSSR count). The fraction of sp³-hybridized carbons (Fsp3) is 0.583. The summed E-state index contributed by atoms with van der Waals surface area (Å²) < 4.78 is 39.2. The monoisotopic (exact) mass is 317 g/mol. The summed E-state index contributed by atoms with van der Waals surface area (Å²) >= 11 is 1.87. The number of thioether (sulfide) groups is 1. The summed E-state index contributed by atoms with van der Waals surface area (Å²) in [5.41, 5.74) is 0.0781. The molecule has 1 atom stereocenters. The molecule has 0 spiro atoms. The van der Waals surface area contributed by atoms with Crippen molar-refractivity contribution in [1.29, 1.82) is 0 Å². The molecule has 5 nitrogen and oxygen atoms in total. The van der Waals surface area contributed by atoms with Gasteiger partial charge in [-0.25, -0.2) is 0 Å². The van der Waals surface area contributed by atoms with E-state index < -0.39 is 12.0 Å². The first-order chi connectivity index (χ1) is 9.87. The van der Waals surface area contributed by atoms with E-state index in [0.29, 0.717) is 12.4 Å². The van der Waals surface area contributed by atoms with Crippen LogP contribution in [0.4, 0.5) is 19.0 Å². The minimum absolute atomic E-state index is 0.0781. The number of nitrogens with one attached hydrogen (secondary N) is 1. The molecule has 1 saturated heterocycles. The van der Waals surface area contributed by atoms with Crippen LogP contribution in [-0.2, 0) is 6.18 Å². The van der Waals surface area contributed by atoms with E-state index >= 15 is 0 Å². The number of hydrogen-bond donors (Lipinski definition) is 1. The second-order valence-corrected chi connectivity index (χ2v) is 6.95. The molecule has 0 bridgehead atoms. The van der Waals surface area contributed by atoms with Crippen molar-refractivity contribution in [1.82, 2.24) is 19.8 Å². The summed E-state index contributed by atoms with van der Waals surface area (Å²) in [7, 11) is 0. The highest BCUT2D eigenvalue weighted by atomic mass is 32.2. The van der Waals surface area contributed by atoms with E-state index in [4.69, 9.17) is 0 Å². The Morgan fingerprint density at radius 3 is 2.86 bits per heavy atom. The Bertz CT molecular complexity index is 648. The Balaban J connectivity index is 1.83. The van der Waals surface area contributed by atoms with Gasteiger partial charge in [0.25, 0.3) is 5.82 Å². The average Bonchev–Trinajstić information content (AvgIpc) is 3.02. The molecule has 2 aromatic heterocycles. The quantitative estimate of drug-likeness (QED) is 0.943. The highest BCUT2D eigenvalue weighted by Gasteiger charge is 2.37. The molecule has 1 N–H and O–H groups in total. The Hall–Kier alpha value is -1.51. The molecule has 0 aromatic carbocycles. The zero-order chi connectivity index (χ0) is 15.1. The first-order valence-electron chi connectivity index (χ1n) is 6.55. The van der Waals surface area contributed by atoms with Gasteiger partial charge in [0.15, 0.2) is 5.65 Å². The molecule has 114 valence electrons. The summed E-state index contributed by atoms with van der Waals surface area (Å²) in [6.45, 7) is 2.82. The van der Waals surface area contributed by atoms with Gasteiger partial charge in [0.2, 0.25) is 0 Å². The van der Waals surface area contributed by atoms with E-state index in [1.54, 1.807) is 6.07 Å². The molecule has 0 saturated carbocycles. The van der Waals surface area contributed by atoms with Crippen molar-refractivity contribution in [3.8, 4) is 0 Å². The standard InChI is InChI=1S/C12H14F3N5S/c1-11(5-2-6-21-11)7-16-8-3-4-9-17-18-10(12(13,14)15)20(9)19-8/h3-4H,2,5-7H2,1H3,(H,16,19). The highest BCUT2D eigenvalue weighted by molar-refractivity contribution is 8.00. The topological polar surface area (TPSA) is 55.1 Å². The minimum Gasteiger partial charge on any atom is -0.367 e. The molecule has 0 aliphatic carbocycles. The maximum absolute atomic E-state index is 12.8. The number of alkyl halides is 3. The van der Waals surface area contributed by atoms with E-state index in [-0.39, 0.29) is 10.4 Å². The SMILES string of the molecule is CC1(CNc2ccc3nnc(C(F)(F)F)n3n2)CCCS1. The van der Waals surface area contributed by atoms with Gasteiger partial charge in [0.1, 0.15) is 5.82 Å². The summed E-state index contributed by atoms with van der Waals surface area (Å²) in [6.07, 6.45) is -2.31. The van der Waals surface area contributed by atoms with Crippen LogP contribution in [0.1, 0.15) is 25.6 Å². The number of hydrogen-bond acceptors (Lipinski definition) is 5. The Labute approximate surface area is 123 Å². The molecule has 21 heavy (non-hydrogen) atoms. The molecular weight excluding hydrogens is 303 g/mol. The fourth-order valence-corrected chi connectivity index (χ4v) is 3.56. The lowest BCUT2D eigenvalue weighted by molar-refractivity contribution is -0.146. The van der Waals surface area contributed by atoms with Crippen LogP contribution in [0.5, 0.6) is 0 Å². The molecule has 3 heterocycles. The minimum atomic E-state index is -4.57. The van der Waals surface area contributed by atoms with Gasteiger partial charge in [0, 0.05) is 11.3 Å². The zero-order valence-corrected chi connectivity index (χ0v) is 12.1. The number of rotatable bonds is 3. The summed E-state index contributed by atoms with van der Waals surface area (Å²) in [6, 6.07) is 3.09. The summed E-state index contributed by atoms with van der Waals surface area (Å²) in [4.78, 5) is 0. The molecule has 1 unspecified atom stereocenters. The number of halogens is 3. The third-order valence-corrected chi connectivity index (χ3v) is 5.00. The number of fused-ring (bicyclic) bond motifs is 1. The Morgan fingerprint density at radius 2 is 2.19 bits per heavy atom. The Kier molecular flexibility index (Phi) is 3.46. The van der Waals surface area contributed by atoms with E-state index in [1.807, 2.05) is 11.8 Å². The summed E-state index contributed by atoms with van der Waals surface area (Å²) in [5.74, 6) is 0.401. The largest absolute Gasteiger partial charge is 0.453 e. The molecule has 2 aromatic rings. The smallest absolute Gasteiger partial charge is 0.367 e. The molecule has 0 amide bonds. The third kappa shape index (κ3) is 2.92. The van der Waals surface area contributed by atoms with Crippen molar-refractivity contribution < 1.29 is 13.2 Å². The van der Waals surface area contributed by atoms with Crippen molar-refractivity contribution in [2.45, 2.75) is 30.7 Å². The zero-order valence-electron chi connectivity index (χ0n) is 11.3. The van der Waals surface area contributed by atoms with Crippen molar-refractivity contribution >= 4 is 23.2 Å². The second kappa shape index (κ2) is 5.04. The average molecular weight is 317 g/mol. The van der Waals surface area contributed by atoms with Crippen molar-refractivity contribution in [2.24, 2.45) is 0 Å². The Morgan fingerprint density at radius 1 is 1.38 bits per heavy atom. The predicted octanol–water partition coefficient (Wildman–Crippen LogP) is 2.84. The van der Waals surface area contributed by atoms with Crippen molar-refractivity contribution in [3.63, 3.8) is 0 Å². The van der Waals surface area contributed by atoms with Gasteiger partial charge in [-0.1, -0.05) is 0 Å². The van der Waals surface area contributed by atoms with Crippen LogP contribution >= 0.6 is 11.8 Å². The lowest BCUT2D eigenvalue weighted by atomic mass is 10.1. The molecule has 0 radical (unpaired) electrons. The molecule has 1 aliphatic rings. The fourth-order valence-electron chi connectivity index (χ4n) is 2.31. The second-order valence-electron chi connectivity index (χ2n) is 5.27. The first-order valence-corrected chi connectivity index (χ1v) is 7.53. The van der Waals surface area contributed by atoms with E-state index in [9.17, 15) is 13.2 Å². The van der Waals surface area contributed by atoms with Crippen LogP contribution in [0.25, 0.3) is 5.65 Å². The van der Waals surface area contributed by atoms with Crippen LogP contribution in [0.2, 0.25) is 0 Å². The molecular formula is C12H14F3N5S. The lowest BCUT2D eigenvalue weighted by Crippen LogP contribution is -2.27. The van der Waals surface area contributed by atoms with E-state index in [1.165, 1.54) is 12.5 Å². The summed E-state index contributed by atoms with van der Waals surface area (Å²) in [5, 5.41) is 13.7. The van der Waals surface area contributed by atoms with Gasteiger partial charge in [-0.3, -0.25) is 0 Å².